The molecule has 0 saturated carbocycles. The summed E-state index contributed by atoms with van der Waals surface area (Å²) < 4.78 is 37.7. The topological polar surface area (TPSA) is 48.9 Å². The van der Waals surface area contributed by atoms with E-state index < -0.39 is 11.9 Å². The highest BCUT2D eigenvalue weighted by Crippen LogP contribution is 2.30. The molecule has 3 nitrogen and oxygen atoms in total. The molecule has 0 fully saturated rings. The van der Waals surface area contributed by atoms with Gasteiger partial charge in [0.05, 0.1) is 12.3 Å². The first kappa shape index (κ1) is 17.0. The van der Waals surface area contributed by atoms with E-state index in [1.807, 2.05) is 5.10 Å². The highest BCUT2D eigenvalue weighted by Gasteiger charge is 2.35. The van der Waals surface area contributed by atoms with Crippen molar-refractivity contribution in [1.29, 1.82) is 0 Å². The van der Waals surface area contributed by atoms with E-state index in [2.05, 4.69) is 12.0 Å². The number of aromatic amines is 1. The van der Waals surface area contributed by atoms with Gasteiger partial charge in [-0.3, -0.25) is 5.10 Å². The second-order valence-electron chi connectivity index (χ2n) is 5.16. The average molecular weight is 292 g/mol. The summed E-state index contributed by atoms with van der Waals surface area (Å²) in [7, 11) is 0. The summed E-state index contributed by atoms with van der Waals surface area (Å²) in [6, 6.07) is 0. The molecule has 20 heavy (non-hydrogen) atoms. The van der Waals surface area contributed by atoms with Crippen LogP contribution in [0.25, 0.3) is 0 Å². The van der Waals surface area contributed by atoms with Crippen LogP contribution in [0.4, 0.5) is 13.2 Å². The fourth-order valence-corrected chi connectivity index (χ4v) is 2.22. The summed E-state index contributed by atoms with van der Waals surface area (Å²) in [6.07, 6.45) is 2.93. The van der Waals surface area contributed by atoms with Gasteiger partial charge in [0.15, 0.2) is 0 Å². The van der Waals surface area contributed by atoms with Gasteiger partial charge in [-0.1, -0.05) is 32.6 Å². The Morgan fingerprint density at radius 3 is 2.45 bits per heavy atom. The van der Waals surface area contributed by atoms with Crippen molar-refractivity contribution in [2.24, 2.45) is 0 Å². The molecule has 0 aliphatic rings. The number of nitrogens with zero attached hydrogens (tertiary/aromatic N) is 1. The van der Waals surface area contributed by atoms with Gasteiger partial charge in [-0.15, -0.1) is 0 Å². The molecule has 1 atom stereocenters. The van der Waals surface area contributed by atoms with E-state index in [1.54, 1.807) is 0 Å². The Morgan fingerprint density at radius 1 is 1.20 bits per heavy atom. The summed E-state index contributed by atoms with van der Waals surface area (Å²) >= 11 is 0. The second-order valence-corrected chi connectivity index (χ2v) is 5.16. The van der Waals surface area contributed by atoms with E-state index in [-0.39, 0.29) is 11.7 Å². The molecule has 0 aliphatic carbocycles. The van der Waals surface area contributed by atoms with Crippen LogP contribution < -0.4 is 0 Å². The molecular formula is C14H23F3N2O. The Morgan fingerprint density at radius 2 is 1.85 bits per heavy atom. The summed E-state index contributed by atoms with van der Waals surface area (Å²) in [5.74, 6) is 0. The summed E-state index contributed by atoms with van der Waals surface area (Å²) in [6.45, 7) is 2.11. The van der Waals surface area contributed by atoms with Crippen molar-refractivity contribution in [2.75, 3.05) is 0 Å². The molecule has 2 N–H and O–H groups in total. The first-order chi connectivity index (χ1) is 9.45. The number of aryl methyl sites for hydroxylation is 1. The van der Waals surface area contributed by atoms with Gasteiger partial charge in [-0.05, 0) is 25.7 Å². The van der Waals surface area contributed by atoms with Gasteiger partial charge in [-0.2, -0.15) is 18.3 Å². The van der Waals surface area contributed by atoms with Crippen molar-refractivity contribution >= 4 is 0 Å². The second kappa shape index (κ2) is 8.29. The number of hydrogen-bond acceptors (Lipinski definition) is 2. The molecule has 6 heteroatoms. The van der Waals surface area contributed by atoms with Gasteiger partial charge in [0.25, 0.3) is 0 Å². The standard InChI is InChI=1S/C14H23F3N2O/c1-2-3-4-8-12(20)9-6-5-7-11-10-18-19-13(11)14(15,16)17/h10,12,20H,2-9H2,1H3,(H,18,19). The summed E-state index contributed by atoms with van der Waals surface area (Å²) in [5, 5.41) is 15.2. The van der Waals surface area contributed by atoms with Crippen LogP contribution in [-0.4, -0.2) is 21.4 Å². The maximum atomic E-state index is 12.6. The molecule has 0 amide bonds. The normalized spacial score (nSPS) is 13.7. The molecule has 1 aromatic heterocycles. The SMILES string of the molecule is CCCCCC(O)CCCCc1cn[nH]c1C(F)(F)F. The van der Waals surface area contributed by atoms with Crippen molar-refractivity contribution in [3.63, 3.8) is 0 Å². The van der Waals surface area contributed by atoms with E-state index in [1.165, 1.54) is 6.20 Å². The lowest BCUT2D eigenvalue weighted by molar-refractivity contribution is -0.141. The summed E-state index contributed by atoms with van der Waals surface area (Å²) in [5.41, 5.74) is -0.543. The van der Waals surface area contributed by atoms with Crippen LogP contribution in [0.15, 0.2) is 6.20 Å². The lowest BCUT2D eigenvalue weighted by atomic mass is 10.0. The largest absolute Gasteiger partial charge is 0.433 e. The Bertz CT molecular complexity index is 377. The van der Waals surface area contributed by atoms with Gasteiger partial charge in [-0.25, -0.2) is 0 Å². The minimum atomic E-state index is -4.37. The lowest BCUT2D eigenvalue weighted by Crippen LogP contribution is -2.09. The van der Waals surface area contributed by atoms with Crippen LogP contribution in [0.2, 0.25) is 0 Å². The molecule has 116 valence electrons. The lowest BCUT2D eigenvalue weighted by Gasteiger charge is -2.10. The molecule has 0 radical (unpaired) electrons. The highest BCUT2D eigenvalue weighted by molar-refractivity contribution is 5.19. The first-order valence-corrected chi connectivity index (χ1v) is 7.22. The van der Waals surface area contributed by atoms with Gasteiger partial charge in [0.1, 0.15) is 5.69 Å². The van der Waals surface area contributed by atoms with E-state index in [4.69, 9.17) is 0 Å². The number of unbranched alkanes of at least 4 members (excludes halogenated alkanes) is 3. The predicted octanol–water partition coefficient (Wildman–Crippen LogP) is 4.08. The smallest absolute Gasteiger partial charge is 0.393 e. The quantitative estimate of drug-likeness (QED) is 0.674. The van der Waals surface area contributed by atoms with Crippen LogP contribution in [0.5, 0.6) is 0 Å². The van der Waals surface area contributed by atoms with E-state index >= 15 is 0 Å². The van der Waals surface area contributed by atoms with E-state index in [0.717, 1.165) is 32.1 Å². The number of aliphatic hydroxyl groups is 1. The van der Waals surface area contributed by atoms with Gasteiger partial charge >= 0.3 is 6.18 Å². The number of aromatic nitrogens is 2. The third-order valence-corrected chi connectivity index (χ3v) is 3.38. The molecule has 0 bridgehead atoms. The molecule has 0 saturated heterocycles. The van der Waals surface area contributed by atoms with Crippen LogP contribution in [0.3, 0.4) is 0 Å². The Hall–Kier alpha value is -1.04. The van der Waals surface area contributed by atoms with Crippen LogP contribution in [-0.2, 0) is 12.6 Å². The molecule has 1 rings (SSSR count). The maximum Gasteiger partial charge on any atom is 0.433 e. The minimum Gasteiger partial charge on any atom is -0.393 e. The number of rotatable bonds is 9. The van der Waals surface area contributed by atoms with Crippen molar-refractivity contribution in [2.45, 2.75) is 70.6 Å². The number of aliphatic hydroxyl groups excluding tert-OH is 1. The fourth-order valence-electron chi connectivity index (χ4n) is 2.22. The molecule has 1 aromatic rings. The number of nitrogens with one attached hydrogen (secondary N) is 1. The van der Waals surface area contributed by atoms with Crippen LogP contribution in [0.1, 0.15) is 63.1 Å². The molecular weight excluding hydrogens is 269 g/mol. The predicted molar refractivity (Wildman–Crippen MR) is 71.3 cm³/mol. The zero-order valence-electron chi connectivity index (χ0n) is 11.8. The first-order valence-electron chi connectivity index (χ1n) is 7.22. The maximum absolute atomic E-state index is 12.6. The highest BCUT2D eigenvalue weighted by atomic mass is 19.4. The van der Waals surface area contributed by atoms with E-state index in [0.29, 0.717) is 19.3 Å². The van der Waals surface area contributed by atoms with Crippen molar-refractivity contribution in [3.05, 3.63) is 17.5 Å². The van der Waals surface area contributed by atoms with Crippen molar-refractivity contribution in [1.82, 2.24) is 10.2 Å². The third kappa shape index (κ3) is 5.94. The molecule has 1 heterocycles. The van der Waals surface area contributed by atoms with Gasteiger partial charge in [0.2, 0.25) is 0 Å². The molecule has 1 unspecified atom stereocenters. The Balaban J connectivity index is 2.23. The zero-order chi connectivity index (χ0) is 15.0. The monoisotopic (exact) mass is 292 g/mol. The number of alkyl halides is 3. The van der Waals surface area contributed by atoms with Crippen molar-refractivity contribution < 1.29 is 18.3 Å². The Kier molecular flexibility index (Phi) is 7.05. The number of halogens is 3. The minimum absolute atomic E-state index is 0.206. The van der Waals surface area contributed by atoms with Gasteiger partial charge < -0.3 is 5.11 Å². The van der Waals surface area contributed by atoms with Gasteiger partial charge in [0, 0.05) is 5.56 Å². The zero-order valence-corrected chi connectivity index (χ0v) is 11.8. The fraction of sp³-hybridized carbons (Fsp3) is 0.786. The third-order valence-electron chi connectivity index (χ3n) is 3.38. The van der Waals surface area contributed by atoms with Crippen molar-refractivity contribution in [3.8, 4) is 0 Å². The van der Waals surface area contributed by atoms with E-state index in [9.17, 15) is 18.3 Å². The Labute approximate surface area is 117 Å². The number of H-pyrrole nitrogens is 1. The van der Waals surface area contributed by atoms with Crippen LogP contribution >= 0.6 is 0 Å². The molecule has 0 aromatic carbocycles. The van der Waals surface area contributed by atoms with Crippen LogP contribution in [0, 0.1) is 0 Å². The number of hydrogen-bond donors (Lipinski definition) is 2. The summed E-state index contributed by atoms with van der Waals surface area (Å²) in [4.78, 5) is 0. The average Bonchev–Trinajstić information content (AvgIpc) is 2.83. The molecule has 0 spiro atoms. The molecule has 0 aliphatic heterocycles.